The minimum atomic E-state index is -0.578. The van der Waals surface area contributed by atoms with Gasteiger partial charge < -0.3 is 19.9 Å². The quantitative estimate of drug-likeness (QED) is 0.679. The summed E-state index contributed by atoms with van der Waals surface area (Å²) in [6.07, 6.45) is 3.41. The lowest BCUT2D eigenvalue weighted by molar-refractivity contribution is -0.137. The molecule has 3 aliphatic rings. The molecule has 1 aromatic heterocycles. The molecule has 1 saturated heterocycles. The van der Waals surface area contributed by atoms with Gasteiger partial charge in [-0.25, -0.2) is 0 Å². The summed E-state index contributed by atoms with van der Waals surface area (Å²) >= 11 is 0. The van der Waals surface area contributed by atoms with Gasteiger partial charge in [0.1, 0.15) is 0 Å². The van der Waals surface area contributed by atoms with Gasteiger partial charge in [0.05, 0.1) is 18.0 Å². The summed E-state index contributed by atoms with van der Waals surface area (Å²) in [4.78, 5) is 42.0. The number of benzene rings is 1. The van der Waals surface area contributed by atoms with E-state index in [-0.39, 0.29) is 30.0 Å². The predicted molar refractivity (Wildman–Crippen MR) is 124 cm³/mol. The monoisotopic (exact) mass is 449 g/mol. The number of hydrogen-bond acceptors (Lipinski definition) is 4. The van der Waals surface area contributed by atoms with E-state index in [9.17, 15) is 19.5 Å². The van der Waals surface area contributed by atoms with E-state index in [1.165, 1.54) is 0 Å². The standard InChI is InChI=1S/C26H31N3O4/c1-2-12-27-25(32)23-19(15-30)21-14-28-20(24(23)29(21)22(31)13-16-8-9-16)11-10-18(26(28)33)17-6-4-3-5-7-17/h3-7,10-11,16,19,21,23-24,30H,2,8-9,12-15H2,1H3,(H,27,32)/t19-,21-,23+,24+/m0/s1. The average Bonchev–Trinajstić information content (AvgIpc) is 3.61. The number of fused-ring (bicyclic) bond motifs is 4. The Balaban J connectivity index is 1.60. The topological polar surface area (TPSA) is 91.6 Å². The summed E-state index contributed by atoms with van der Waals surface area (Å²) in [5.41, 5.74) is 2.01. The molecule has 0 spiro atoms. The Bertz CT molecular complexity index is 1110. The number of nitrogens with one attached hydrogen (secondary N) is 1. The molecule has 5 rings (SSSR count). The average molecular weight is 450 g/mol. The zero-order chi connectivity index (χ0) is 23.1. The maximum absolute atomic E-state index is 13.5. The van der Waals surface area contributed by atoms with Crippen LogP contribution in [0.3, 0.4) is 0 Å². The van der Waals surface area contributed by atoms with Crippen molar-refractivity contribution in [3.8, 4) is 11.1 Å². The molecule has 33 heavy (non-hydrogen) atoms. The lowest BCUT2D eigenvalue weighted by atomic mass is 9.86. The summed E-state index contributed by atoms with van der Waals surface area (Å²) in [6.45, 7) is 2.63. The number of pyridine rings is 1. The molecular formula is C26H31N3O4. The third kappa shape index (κ3) is 3.78. The normalized spacial score (nSPS) is 25.6. The molecule has 174 valence electrons. The summed E-state index contributed by atoms with van der Waals surface area (Å²) in [5.74, 6) is -0.690. The molecule has 2 fully saturated rings. The highest BCUT2D eigenvalue weighted by Gasteiger charge is 2.57. The van der Waals surface area contributed by atoms with Crippen LogP contribution in [0.4, 0.5) is 0 Å². The number of rotatable bonds is 7. The van der Waals surface area contributed by atoms with Gasteiger partial charge in [-0.05, 0) is 42.9 Å². The first kappa shape index (κ1) is 21.9. The molecule has 2 bridgehead atoms. The largest absolute Gasteiger partial charge is 0.396 e. The van der Waals surface area contributed by atoms with E-state index in [0.29, 0.717) is 36.7 Å². The van der Waals surface area contributed by atoms with Gasteiger partial charge >= 0.3 is 0 Å². The predicted octanol–water partition coefficient (Wildman–Crippen LogP) is 2.33. The van der Waals surface area contributed by atoms with E-state index >= 15 is 0 Å². The highest BCUT2D eigenvalue weighted by molar-refractivity contribution is 5.84. The van der Waals surface area contributed by atoms with Crippen molar-refractivity contribution in [1.82, 2.24) is 14.8 Å². The lowest BCUT2D eigenvalue weighted by Crippen LogP contribution is -2.49. The van der Waals surface area contributed by atoms with E-state index in [4.69, 9.17) is 0 Å². The fourth-order valence-electron chi connectivity index (χ4n) is 5.63. The fourth-order valence-corrected chi connectivity index (χ4v) is 5.63. The van der Waals surface area contributed by atoms with Gasteiger partial charge in [0.2, 0.25) is 11.8 Å². The van der Waals surface area contributed by atoms with Crippen molar-refractivity contribution >= 4 is 11.8 Å². The number of carbonyl (C=O) groups is 2. The first-order valence-electron chi connectivity index (χ1n) is 12.0. The van der Waals surface area contributed by atoms with Crippen molar-refractivity contribution in [3.63, 3.8) is 0 Å². The Hall–Kier alpha value is -2.93. The first-order chi connectivity index (χ1) is 16.0. The minimum absolute atomic E-state index is 0.0302. The maximum Gasteiger partial charge on any atom is 0.258 e. The summed E-state index contributed by atoms with van der Waals surface area (Å²) < 4.78 is 1.73. The molecule has 1 aromatic carbocycles. The second-order valence-electron chi connectivity index (χ2n) is 9.58. The molecule has 0 unspecified atom stereocenters. The molecule has 1 aliphatic carbocycles. The van der Waals surface area contributed by atoms with E-state index < -0.39 is 17.9 Å². The van der Waals surface area contributed by atoms with Crippen LogP contribution in [0.1, 0.15) is 44.3 Å². The van der Waals surface area contributed by atoms with Crippen molar-refractivity contribution in [2.75, 3.05) is 13.2 Å². The molecule has 0 radical (unpaired) electrons. The van der Waals surface area contributed by atoms with Crippen LogP contribution >= 0.6 is 0 Å². The van der Waals surface area contributed by atoms with Gasteiger partial charge in [-0.1, -0.05) is 37.3 Å². The van der Waals surface area contributed by atoms with E-state index in [1.54, 1.807) is 10.6 Å². The third-order valence-corrected chi connectivity index (χ3v) is 7.43. The van der Waals surface area contributed by atoms with Crippen molar-refractivity contribution in [1.29, 1.82) is 0 Å². The van der Waals surface area contributed by atoms with Crippen LogP contribution in [0, 0.1) is 17.8 Å². The minimum Gasteiger partial charge on any atom is -0.396 e. The smallest absolute Gasteiger partial charge is 0.258 e. The molecule has 2 aliphatic heterocycles. The molecule has 7 heteroatoms. The van der Waals surface area contributed by atoms with Gasteiger partial charge in [-0.15, -0.1) is 0 Å². The van der Waals surface area contributed by atoms with Crippen LogP contribution < -0.4 is 10.9 Å². The summed E-state index contributed by atoms with van der Waals surface area (Å²) in [5, 5.41) is 13.3. The Morgan fingerprint density at radius 3 is 2.55 bits per heavy atom. The number of aliphatic hydroxyl groups excluding tert-OH is 1. The first-order valence-corrected chi connectivity index (χ1v) is 12.0. The zero-order valence-corrected chi connectivity index (χ0v) is 18.9. The van der Waals surface area contributed by atoms with Gasteiger partial charge in [0.15, 0.2) is 0 Å². The second kappa shape index (κ2) is 8.78. The SMILES string of the molecule is CCCNC(=O)[C@@H]1[C@@H](CO)[C@@H]2Cn3c(ccc(-c4ccccc4)c3=O)[C@H]1N2C(=O)CC1CC1. The van der Waals surface area contributed by atoms with Crippen LogP contribution in [0.5, 0.6) is 0 Å². The van der Waals surface area contributed by atoms with Crippen molar-refractivity contribution in [2.24, 2.45) is 17.8 Å². The van der Waals surface area contributed by atoms with Gasteiger partial charge in [-0.3, -0.25) is 14.4 Å². The van der Waals surface area contributed by atoms with Crippen molar-refractivity contribution < 1.29 is 14.7 Å². The summed E-state index contributed by atoms with van der Waals surface area (Å²) in [7, 11) is 0. The van der Waals surface area contributed by atoms with Crippen LogP contribution in [0.15, 0.2) is 47.3 Å². The van der Waals surface area contributed by atoms with Crippen LogP contribution in [0.2, 0.25) is 0 Å². The van der Waals surface area contributed by atoms with Gasteiger partial charge in [0, 0.05) is 43.3 Å². The number of hydrogen-bond donors (Lipinski definition) is 2. The van der Waals surface area contributed by atoms with Gasteiger partial charge in [0.25, 0.3) is 5.56 Å². The molecule has 1 saturated carbocycles. The highest BCUT2D eigenvalue weighted by Crippen LogP contribution is 2.49. The molecular weight excluding hydrogens is 418 g/mol. The third-order valence-electron chi connectivity index (χ3n) is 7.43. The Morgan fingerprint density at radius 2 is 1.88 bits per heavy atom. The lowest BCUT2D eigenvalue weighted by Gasteiger charge is -2.38. The van der Waals surface area contributed by atoms with Gasteiger partial charge in [-0.2, -0.15) is 0 Å². The van der Waals surface area contributed by atoms with Crippen molar-refractivity contribution in [3.05, 3.63) is 58.5 Å². The molecule has 7 nitrogen and oxygen atoms in total. The number of carbonyl (C=O) groups excluding carboxylic acids is 2. The number of aromatic nitrogens is 1. The molecule has 4 atom stereocenters. The van der Waals surface area contributed by atoms with E-state index in [2.05, 4.69) is 5.32 Å². The highest BCUT2D eigenvalue weighted by atomic mass is 16.3. The summed E-state index contributed by atoms with van der Waals surface area (Å²) in [6, 6.07) is 12.3. The molecule has 2 N–H and O–H groups in total. The molecule has 2 amide bonds. The van der Waals surface area contributed by atoms with E-state index in [0.717, 1.165) is 24.8 Å². The number of aliphatic hydroxyl groups is 1. The number of nitrogens with zero attached hydrogens (tertiary/aromatic N) is 2. The maximum atomic E-state index is 13.5. The Kier molecular flexibility index (Phi) is 5.83. The second-order valence-corrected chi connectivity index (χ2v) is 9.58. The Labute approximate surface area is 193 Å². The number of amides is 2. The Morgan fingerprint density at radius 1 is 1.12 bits per heavy atom. The molecule has 2 aromatic rings. The zero-order valence-electron chi connectivity index (χ0n) is 18.9. The van der Waals surface area contributed by atoms with Crippen LogP contribution in [-0.2, 0) is 16.1 Å². The van der Waals surface area contributed by atoms with Crippen LogP contribution in [0.25, 0.3) is 11.1 Å². The van der Waals surface area contributed by atoms with E-state index in [1.807, 2.05) is 48.2 Å². The van der Waals surface area contributed by atoms with Crippen LogP contribution in [-0.4, -0.2) is 45.6 Å². The molecule has 3 heterocycles. The fraction of sp³-hybridized carbons (Fsp3) is 0.500. The van der Waals surface area contributed by atoms with Crippen molar-refractivity contribution in [2.45, 2.75) is 51.2 Å².